The van der Waals surface area contributed by atoms with Gasteiger partial charge in [0, 0.05) is 24.0 Å². The minimum absolute atomic E-state index is 0.00103. The lowest BCUT2D eigenvalue weighted by atomic mass is 9.96. The predicted molar refractivity (Wildman–Crippen MR) is 154 cm³/mol. The number of nitrogens with one attached hydrogen (secondary N) is 1. The Morgan fingerprint density at radius 1 is 1.20 bits per heavy atom. The van der Waals surface area contributed by atoms with E-state index in [1.165, 1.54) is 12.1 Å². The number of fused-ring (bicyclic) bond motifs is 2. The predicted octanol–water partition coefficient (Wildman–Crippen LogP) is 6.03. The summed E-state index contributed by atoms with van der Waals surface area (Å²) in [4.78, 5) is 11.4. The summed E-state index contributed by atoms with van der Waals surface area (Å²) in [6, 6.07) is 4.73. The molecule has 8 nitrogen and oxygen atoms in total. The van der Waals surface area contributed by atoms with Crippen molar-refractivity contribution in [2.45, 2.75) is 38.2 Å². The zero-order chi connectivity index (χ0) is 28.0. The molecular formula is C28H27ClF2N6O2S. The molecule has 0 fully saturated rings. The van der Waals surface area contributed by atoms with Crippen molar-refractivity contribution in [3.8, 4) is 29.0 Å². The molecule has 4 heterocycles. The maximum absolute atomic E-state index is 16.8. The van der Waals surface area contributed by atoms with Crippen LogP contribution in [0.4, 0.5) is 19.6 Å². The number of likely N-dealkylation sites (N-methyl/N-ethyl adjacent to an activating group) is 1. The molecule has 0 aliphatic carbocycles. The zero-order valence-corrected chi connectivity index (χ0v) is 23.4. The Bertz CT molecular complexity index is 1670. The highest BCUT2D eigenvalue weighted by Gasteiger charge is 2.32. The molecule has 0 saturated heterocycles. The number of nitriles is 1. The van der Waals surface area contributed by atoms with Crippen molar-refractivity contribution in [2.24, 2.45) is 0 Å². The van der Waals surface area contributed by atoms with E-state index in [2.05, 4.69) is 15.2 Å². The summed E-state index contributed by atoms with van der Waals surface area (Å²) in [6.07, 6.45) is 4.71. The van der Waals surface area contributed by atoms with Crippen LogP contribution in [0.15, 0.2) is 12.1 Å². The molecule has 1 unspecified atom stereocenters. The Morgan fingerprint density at radius 2 is 2.02 bits per heavy atom. The number of halogens is 3. The van der Waals surface area contributed by atoms with Gasteiger partial charge in [-0.15, -0.1) is 11.3 Å². The molecule has 2 aliphatic heterocycles. The molecule has 208 valence electrons. The second-order valence-electron chi connectivity index (χ2n) is 9.97. The lowest BCUT2D eigenvalue weighted by molar-refractivity contribution is 0.171. The number of nitrogens with two attached hydrogens (primary N) is 1. The summed E-state index contributed by atoms with van der Waals surface area (Å²) in [7, 11) is 1.85. The SMILES string of the molecule is CNCC1CCCCCCN2CCOc3c(Cl)c(-c4ccc(F)c5sc(N)c(C#N)c45)c(F)c4nc(nc2c34)O1. The molecular weight excluding hydrogens is 558 g/mol. The number of hydrogen-bond acceptors (Lipinski definition) is 9. The quantitative estimate of drug-likeness (QED) is 0.301. The number of rotatable bonds is 3. The first kappa shape index (κ1) is 26.7. The summed E-state index contributed by atoms with van der Waals surface area (Å²) in [6.45, 7) is 2.12. The minimum Gasteiger partial charge on any atom is -0.489 e. The van der Waals surface area contributed by atoms with Gasteiger partial charge in [0.2, 0.25) is 0 Å². The average Bonchev–Trinajstić information content (AvgIpc) is 3.17. The van der Waals surface area contributed by atoms with Gasteiger partial charge in [-0.25, -0.2) is 8.78 Å². The van der Waals surface area contributed by atoms with Crippen molar-refractivity contribution in [2.75, 3.05) is 43.9 Å². The number of nitrogen functional groups attached to an aromatic ring is 1. The first-order valence-electron chi connectivity index (χ1n) is 13.3. The molecule has 3 N–H and O–H groups in total. The molecule has 2 bridgehead atoms. The molecule has 2 aromatic carbocycles. The van der Waals surface area contributed by atoms with Gasteiger partial charge in [-0.2, -0.15) is 15.2 Å². The van der Waals surface area contributed by atoms with Gasteiger partial charge in [0.1, 0.15) is 40.9 Å². The monoisotopic (exact) mass is 584 g/mol. The molecule has 1 atom stereocenters. The third-order valence-corrected chi connectivity index (χ3v) is 8.84. The van der Waals surface area contributed by atoms with Crippen LogP contribution < -0.4 is 25.4 Å². The molecule has 0 spiro atoms. The van der Waals surface area contributed by atoms with Gasteiger partial charge in [-0.1, -0.05) is 30.5 Å². The van der Waals surface area contributed by atoms with E-state index in [0.717, 1.165) is 43.4 Å². The van der Waals surface area contributed by atoms with Crippen LogP contribution >= 0.6 is 22.9 Å². The van der Waals surface area contributed by atoms with Crippen LogP contribution in [0.2, 0.25) is 5.02 Å². The van der Waals surface area contributed by atoms with Crippen molar-refractivity contribution >= 4 is 54.7 Å². The van der Waals surface area contributed by atoms with Crippen LogP contribution in [0.25, 0.3) is 32.1 Å². The Kier molecular flexibility index (Phi) is 7.25. The molecule has 0 radical (unpaired) electrons. The van der Waals surface area contributed by atoms with Crippen LogP contribution in [0.5, 0.6) is 11.8 Å². The fourth-order valence-electron chi connectivity index (χ4n) is 5.59. The van der Waals surface area contributed by atoms with Gasteiger partial charge in [0.15, 0.2) is 11.6 Å². The molecule has 40 heavy (non-hydrogen) atoms. The number of aromatic nitrogens is 2. The number of hydrogen-bond donors (Lipinski definition) is 2. The van der Waals surface area contributed by atoms with Gasteiger partial charge in [0.25, 0.3) is 0 Å². The molecule has 0 amide bonds. The van der Waals surface area contributed by atoms with E-state index in [1.807, 2.05) is 13.1 Å². The lowest BCUT2D eigenvalue weighted by Gasteiger charge is -2.25. The standard InChI is InChI=1S/C28H27ClF2N6O2S/c1-34-13-14-6-4-2-3-5-9-37-10-11-38-24-20-23(35-28(39-14)36-27(20)37)22(31)19(21(24)29)15-7-8-17(30)25-18(15)16(12-32)26(33)40-25/h7-8,14,34H,2-6,9-11,13,33H2,1H3. The van der Waals surface area contributed by atoms with Gasteiger partial charge in [-0.3, -0.25) is 0 Å². The van der Waals surface area contributed by atoms with E-state index in [9.17, 15) is 9.65 Å². The maximum Gasteiger partial charge on any atom is 0.319 e. The van der Waals surface area contributed by atoms with E-state index >= 15 is 4.39 Å². The largest absolute Gasteiger partial charge is 0.489 e. The highest BCUT2D eigenvalue weighted by atomic mass is 35.5. The summed E-state index contributed by atoms with van der Waals surface area (Å²) >= 11 is 7.85. The van der Waals surface area contributed by atoms with Gasteiger partial charge >= 0.3 is 6.01 Å². The minimum atomic E-state index is -0.735. The molecule has 0 saturated carbocycles. The molecule has 4 aromatic rings. The summed E-state index contributed by atoms with van der Waals surface area (Å²) in [5.74, 6) is -0.543. The number of anilines is 2. The highest BCUT2D eigenvalue weighted by molar-refractivity contribution is 7.23. The summed E-state index contributed by atoms with van der Waals surface area (Å²) < 4.78 is 44.1. The van der Waals surface area contributed by atoms with Crippen LogP contribution in [0.1, 0.15) is 37.7 Å². The first-order valence-corrected chi connectivity index (χ1v) is 14.4. The van der Waals surface area contributed by atoms with Crippen molar-refractivity contribution in [3.63, 3.8) is 0 Å². The second-order valence-corrected chi connectivity index (χ2v) is 11.4. The fraction of sp³-hybridized carbons (Fsp3) is 0.393. The molecule has 12 heteroatoms. The molecule has 2 aromatic heterocycles. The van der Waals surface area contributed by atoms with Crippen molar-refractivity contribution in [1.29, 1.82) is 5.26 Å². The van der Waals surface area contributed by atoms with Crippen LogP contribution in [-0.2, 0) is 0 Å². The Hall–Kier alpha value is -3.46. The third kappa shape index (κ3) is 4.44. The number of thiophene rings is 1. The Balaban J connectivity index is 1.66. The van der Waals surface area contributed by atoms with E-state index in [4.69, 9.17) is 31.8 Å². The first-order chi connectivity index (χ1) is 19.4. The van der Waals surface area contributed by atoms with Crippen LogP contribution in [0, 0.1) is 23.0 Å². The second kappa shape index (κ2) is 10.8. The highest BCUT2D eigenvalue weighted by Crippen LogP contribution is 2.50. The van der Waals surface area contributed by atoms with E-state index < -0.39 is 11.6 Å². The third-order valence-electron chi connectivity index (χ3n) is 7.46. The molecule has 2 aliphatic rings. The fourth-order valence-corrected chi connectivity index (χ4v) is 6.87. The zero-order valence-electron chi connectivity index (χ0n) is 21.8. The number of ether oxygens (including phenoxy) is 2. The van der Waals surface area contributed by atoms with E-state index in [-0.39, 0.29) is 60.2 Å². The summed E-state index contributed by atoms with van der Waals surface area (Å²) in [5.41, 5.74) is 6.29. The van der Waals surface area contributed by atoms with Crippen LogP contribution in [-0.4, -0.2) is 49.4 Å². The normalized spacial score (nSPS) is 17.6. The van der Waals surface area contributed by atoms with Gasteiger partial charge < -0.3 is 25.4 Å². The maximum atomic E-state index is 16.8. The molecule has 6 rings (SSSR count). The van der Waals surface area contributed by atoms with E-state index in [0.29, 0.717) is 37.4 Å². The lowest BCUT2D eigenvalue weighted by Crippen LogP contribution is -2.32. The van der Waals surface area contributed by atoms with Crippen molar-refractivity contribution < 1.29 is 18.3 Å². The van der Waals surface area contributed by atoms with Gasteiger partial charge in [-0.05, 0) is 37.9 Å². The number of nitrogens with zero attached hydrogens (tertiary/aromatic N) is 4. The Morgan fingerprint density at radius 3 is 2.83 bits per heavy atom. The van der Waals surface area contributed by atoms with E-state index in [1.54, 1.807) is 0 Å². The average molecular weight is 585 g/mol. The van der Waals surface area contributed by atoms with Crippen LogP contribution in [0.3, 0.4) is 0 Å². The number of benzene rings is 2. The smallest absolute Gasteiger partial charge is 0.319 e. The van der Waals surface area contributed by atoms with Gasteiger partial charge in [0.05, 0.1) is 27.2 Å². The topological polar surface area (TPSA) is 109 Å². The van der Waals surface area contributed by atoms with Crippen molar-refractivity contribution in [3.05, 3.63) is 34.4 Å². The van der Waals surface area contributed by atoms with Crippen molar-refractivity contribution in [1.82, 2.24) is 15.3 Å². The Labute approximate surface area is 238 Å². The summed E-state index contributed by atoms with van der Waals surface area (Å²) in [5, 5.41) is 13.7.